The molecular weight excluding hydrogens is 150 g/mol. The minimum absolute atomic E-state index is 0.358. The van der Waals surface area contributed by atoms with Crippen LogP contribution in [-0.2, 0) is 0 Å². The van der Waals surface area contributed by atoms with E-state index < -0.39 is 0 Å². The van der Waals surface area contributed by atoms with Crippen molar-refractivity contribution in [3.8, 4) is 0 Å². The average Bonchev–Trinajstić information content (AvgIpc) is 2.09. The van der Waals surface area contributed by atoms with Gasteiger partial charge in [-0.1, -0.05) is 6.42 Å². The van der Waals surface area contributed by atoms with Gasteiger partial charge in [0.1, 0.15) is 0 Å². The lowest BCUT2D eigenvalue weighted by atomic mass is 9.98. The number of aliphatic hydroxyl groups excluding tert-OH is 1. The van der Waals surface area contributed by atoms with Crippen LogP contribution < -0.4 is 0 Å². The van der Waals surface area contributed by atoms with Crippen molar-refractivity contribution < 1.29 is 5.11 Å². The predicted octanol–water partition coefficient (Wildman–Crippen LogP) is 1.63. The van der Waals surface area contributed by atoms with Gasteiger partial charge in [0, 0.05) is 12.6 Å². The second-order valence-corrected chi connectivity index (χ2v) is 3.85. The highest BCUT2D eigenvalue weighted by Crippen LogP contribution is 2.19. The van der Waals surface area contributed by atoms with Crippen LogP contribution >= 0.6 is 0 Å². The predicted molar refractivity (Wildman–Crippen MR) is 51.2 cm³/mol. The molecule has 0 radical (unpaired) electrons. The van der Waals surface area contributed by atoms with Crippen molar-refractivity contribution in [3.05, 3.63) is 0 Å². The SMILES string of the molecule is CN1CCCC[C@H]1CCCCO. The third-order valence-electron chi connectivity index (χ3n) is 2.87. The molecule has 1 aliphatic heterocycles. The molecule has 1 N–H and O–H groups in total. The zero-order chi connectivity index (χ0) is 8.81. The van der Waals surface area contributed by atoms with Crippen LogP contribution in [0.5, 0.6) is 0 Å². The van der Waals surface area contributed by atoms with Crippen molar-refractivity contribution in [2.24, 2.45) is 0 Å². The molecule has 1 rings (SSSR count). The van der Waals surface area contributed by atoms with E-state index in [4.69, 9.17) is 5.11 Å². The summed E-state index contributed by atoms with van der Waals surface area (Å²) in [5.41, 5.74) is 0. The van der Waals surface area contributed by atoms with Gasteiger partial charge >= 0.3 is 0 Å². The van der Waals surface area contributed by atoms with E-state index in [-0.39, 0.29) is 0 Å². The molecule has 72 valence electrons. The summed E-state index contributed by atoms with van der Waals surface area (Å²) in [5, 5.41) is 8.65. The van der Waals surface area contributed by atoms with Gasteiger partial charge in [-0.2, -0.15) is 0 Å². The molecule has 0 aromatic carbocycles. The van der Waals surface area contributed by atoms with Gasteiger partial charge in [0.25, 0.3) is 0 Å². The Bertz CT molecular complexity index is 116. The summed E-state index contributed by atoms with van der Waals surface area (Å²) in [5.74, 6) is 0. The Kier molecular flexibility index (Phi) is 4.62. The number of nitrogens with zero attached hydrogens (tertiary/aromatic N) is 1. The molecule has 0 unspecified atom stereocenters. The zero-order valence-electron chi connectivity index (χ0n) is 8.13. The van der Waals surface area contributed by atoms with E-state index in [1.165, 1.54) is 38.6 Å². The normalized spacial score (nSPS) is 26.0. The van der Waals surface area contributed by atoms with Gasteiger partial charge < -0.3 is 10.0 Å². The molecule has 0 amide bonds. The summed E-state index contributed by atoms with van der Waals surface area (Å²) in [6, 6.07) is 0.797. The maximum absolute atomic E-state index is 8.65. The second kappa shape index (κ2) is 5.55. The molecule has 0 aromatic heterocycles. The number of aliphatic hydroxyl groups is 1. The van der Waals surface area contributed by atoms with Crippen molar-refractivity contribution in [2.75, 3.05) is 20.2 Å². The van der Waals surface area contributed by atoms with Crippen LogP contribution in [0.4, 0.5) is 0 Å². The molecule has 1 aliphatic rings. The fraction of sp³-hybridized carbons (Fsp3) is 1.00. The standard InChI is InChI=1S/C10H21NO/c1-11-8-4-2-6-10(11)7-3-5-9-12/h10,12H,2-9H2,1H3/t10-/m0/s1. The first-order chi connectivity index (χ1) is 5.84. The van der Waals surface area contributed by atoms with Gasteiger partial charge in [-0.05, 0) is 45.7 Å². The first-order valence-corrected chi connectivity index (χ1v) is 5.15. The third-order valence-corrected chi connectivity index (χ3v) is 2.87. The first kappa shape index (κ1) is 10.0. The van der Waals surface area contributed by atoms with Crippen LogP contribution in [0, 0.1) is 0 Å². The summed E-state index contributed by atoms with van der Waals surface area (Å²) < 4.78 is 0. The Hall–Kier alpha value is -0.0800. The molecule has 1 fully saturated rings. The van der Waals surface area contributed by atoms with Gasteiger partial charge in [0.05, 0.1) is 0 Å². The van der Waals surface area contributed by atoms with Crippen molar-refractivity contribution in [2.45, 2.75) is 44.6 Å². The molecule has 1 heterocycles. The summed E-state index contributed by atoms with van der Waals surface area (Å²) >= 11 is 0. The van der Waals surface area contributed by atoms with Crippen molar-refractivity contribution in [3.63, 3.8) is 0 Å². The number of unbranched alkanes of at least 4 members (excludes halogenated alkanes) is 1. The molecule has 12 heavy (non-hydrogen) atoms. The van der Waals surface area contributed by atoms with E-state index in [0.717, 1.165) is 12.5 Å². The maximum atomic E-state index is 8.65. The summed E-state index contributed by atoms with van der Waals surface area (Å²) in [7, 11) is 2.22. The first-order valence-electron chi connectivity index (χ1n) is 5.15. The smallest absolute Gasteiger partial charge is 0.0431 e. The average molecular weight is 171 g/mol. The lowest BCUT2D eigenvalue weighted by molar-refractivity contribution is 0.169. The van der Waals surface area contributed by atoms with Gasteiger partial charge in [-0.25, -0.2) is 0 Å². The Balaban J connectivity index is 2.11. The van der Waals surface area contributed by atoms with E-state index in [2.05, 4.69) is 11.9 Å². The summed E-state index contributed by atoms with van der Waals surface area (Å²) in [6.07, 6.45) is 7.57. The van der Waals surface area contributed by atoms with Gasteiger partial charge in [0.2, 0.25) is 0 Å². The molecular formula is C10H21NO. The lowest BCUT2D eigenvalue weighted by Crippen LogP contribution is -2.36. The van der Waals surface area contributed by atoms with E-state index >= 15 is 0 Å². The minimum Gasteiger partial charge on any atom is -0.396 e. The van der Waals surface area contributed by atoms with E-state index in [1.807, 2.05) is 0 Å². The highest BCUT2D eigenvalue weighted by molar-refractivity contribution is 4.73. The monoisotopic (exact) mass is 171 g/mol. The second-order valence-electron chi connectivity index (χ2n) is 3.85. The van der Waals surface area contributed by atoms with Crippen LogP contribution in [0.15, 0.2) is 0 Å². The molecule has 0 spiro atoms. The molecule has 0 bridgehead atoms. The topological polar surface area (TPSA) is 23.5 Å². The van der Waals surface area contributed by atoms with Crippen LogP contribution in [0.3, 0.4) is 0 Å². The minimum atomic E-state index is 0.358. The van der Waals surface area contributed by atoms with Gasteiger partial charge in [0.15, 0.2) is 0 Å². The Morgan fingerprint density at radius 3 is 2.83 bits per heavy atom. The summed E-state index contributed by atoms with van der Waals surface area (Å²) in [4.78, 5) is 2.47. The van der Waals surface area contributed by atoms with Crippen molar-refractivity contribution >= 4 is 0 Å². The van der Waals surface area contributed by atoms with E-state index in [1.54, 1.807) is 0 Å². The molecule has 0 saturated carbocycles. The highest BCUT2D eigenvalue weighted by atomic mass is 16.2. The lowest BCUT2D eigenvalue weighted by Gasteiger charge is -2.32. The number of piperidine rings is 1. The van der Waals surface area contributed by atoms with Crippen LogP contribution in [-0.4, -0.2) is 36.2 Å². The quantitative estimate of drug-likeness (QED) is 0.650. The van der Waals surface area contributed by atoms with E-state index in [9.17, 15) is 0 Å². The molecule has 2 heteroatoms. The van der Waals surface area contributed by atoms with Crippen molar-refractivity contribution in [1.82, 2.24) is 4.90 Å². The molecule has 2 nitrogen and oxygen atoms in total. The third kappa shape index (κ3) is 3.11. The molecule has 1 saturated heterocycles. The van der Waals surface area contributed by atoms with Gasteiger partial charge in [-0.15, -0.1) is 0 Å². The van der Waals surface area contributed by atoms with Crippen LogP contribution in [0.2, 0.25) is 0 Å². The fourth-order valence-electron chi connectivity index (χ4n) is 2.00. The molecule has 1 atom stereocenters. The fourth-order valence-corrected chi connectivity index (χ4v) is 2.00. The van der Waals surface area contributed by atoms with Crippen molar-refractivity contribution in [1.29, 1.82) is 0 Å². The highest BCUT2D eigenvalue weighted by Gasteiger charge is 2.17. The Labute approximate surface area is 75.6 Å². The number of likely N-dealkylation sites (tertiary alicyclic amines) is 1. The van der Waals surface area contributed by atoms with Gasteiger partial charge in [-0.3, -0.25) is 0 Å². The zero-order valence-corrected chi connectivity index (χ0v) is 8.13. The molecule has 0 aromatic rings. The number of hydrogen-bond acceptors (Lipinski definition) is 2. The number of hydrogen-bond donors (Lipinski definition) is 1. The van der Waals surface area contributed by atoms with E-state index in [0.29, 0.717) is 6.61 Å². The maximum Gasteiger partial charge on any atom is 0.0431 e. The molecule has 0 aliphatic carbocycles. The summed E-state index contributed by atoms with van der Waals surface area (Å²) in [6.45, 7) is 1.63. The Morgan fingerprint density at radius 1 is 1.33 bits per heavy atom. The number of rotatable bonds is 4. The Morgan fingerprint density at radius 2 is 2.17 bits per heavy atom. The van der Waals surface area contributed by atoms with Crippen LogP contribution in [0.1, 0.15) is 38.5 Å². The van der Waals surface area contributed by atoms with Crippen LogP contribution in [0.25, 0.3) is 0 Å². The largest absolute Gasteiger partial charge is 0.396 e.